The Balaban J connectivity index is 1.88. The number of nitrogens with one attached hydrogen (secondary N) is 1. The fraction of sp³-hybridized carbons (Fsp3) is 0.294. The lowest BCUT2D eigenvalue weighted by atomic mass is 10.1. The van der Waals surface area contributed by atoms with Crippen molar-refractivity contribution >= 4 is 38.2 Å². The van der Waals surface area contributed by atoms with Gasteiger partial charge in [0.15, 0.2) is 0 Å². The number of nitrogens with two attached hydrogens (primary N) is 1. The van der Waals surface area contributed by atoms with E-state index in [9.17, 15) is 18.0 Å². The van der Waals surface area contributed by atoms with Gasteiger partial charge in [-0.15, -0.1) is 11.3 Å². The Kier molecular flexibility index (Phi) is 5.12. The quantitative estimate of drug-likeness (QED) is 0.808. The predicted octanol–water partition coefficient (Wildman–Crippen LogP) is 1.88. The third kappa shape index (κ3) is 3.79. The van der Waals surface area contributed by atoms with E-state index in [4.69, 9.17) is 5.73 Å². The Morgan fingerprint density at radius 3 is 2.58 bits per heavy atom. The molecule has 0 unspecified atom stereocenters. The number of hydrogen-bond acceptors (Lipinski definition) is 5. The molecule has 26 heavy (non-hydrogen) atoms. The summed E-state index contributed by atoms with van der Waals surface area (Å²) in [7, 11) is -3.47. The van der Waals surface area contributed by atoms with E-state index in [1.54, 1.807) is 6.07 Å². The summed E-state index contributed by atoms with van der Waals surface area (Å²) >= 11 is 1.24. The number of carbonyl (C=O) groups is 2. The minimum absolute atomic E-state index is 0.214. The predicted molar refractivity (Wildman–Crippen MR) is 101 cm³/mol. The lowest BCUT2D eigenvalue weighted by Crippen LogP contribution is -2.42. The van der Waals surface area contributed by atoms with Gasteiger partial charge in [0.05, 0.1) is 11.8 Å². The highest BCUT2D eigenvalue weighted by Crippen LogP contribution is 2.35. The number of nitrogens with zero attached hydrogens (tertiary/aromatic N) is 1. The van der Waals surface area contributed by atoms with Crippen LogP contribution in [0.4, 0.5) is 5.00 Å². The summed E-state index contributed by atoms with van der Waals surface area (Å²) < 4.78 is 24.9. The zero-order chi connectivity index (χ0) is 18.9. The second-order valence-electron chi connectivity index (χ2n) is 6.10. The molecule has 9 heteroatoms. The minimum atomic E-state index is -3.47. The molecule has 0 bridgehead atoms. The summed E-state index contributed by atoms with van der Waals surface area (Å²) in [6, 6.07) is 10.3. The van der Waals surface area contributed by atoms with E-state index < -0.39 is 27.9 Å². The van der Waals surface area contributed by atoms with E-state index >= 15 is 0 Å². The Hall–Kier alpha value is -2.23. The van der Waals surface area contributed by atoms with Gasteiger partial charge in [0.25, 0.3) is 5.91 Å². The van der Waals surface area contributed by atoms with Crippen molar-refractivity contribution in [1.82, 2.24) is 4.31 Å². The Bertz CT molecular complexity index is 938. The number of anilines is 1. The van der Waals surface area contributed by atoms with Crippen molar-refractivity contribution in [3.63, 3.8) is 0 Å². The van der Waals surface area contributed by atoms with Crippen molar-refractivity contribution in [3.8, 4) is 10.4 Å². The summed E-state index contributed by atoms with van der Waals surface area (Å²) in [6.45, 7) is 0.319. The van der Waals surface area contributed by atoms with Gasteiger partial charge in [0.1, 0.15) is 11.0 Å². The zero-order valence-corrected chi connectivity index (χ0v) is 15.8. The molecule has 0 saturated carbocycles. The number of carbonyl (C=O) groups excluding carboxylic acids is 2. The van der Waals surface area contributed by atoms with Crippen LogP contribution in [-0.2, 0) is 14.8 Å². The van der Waals surface area contributed by atoms with Crippen LogP contribution in [0.1, 0.15) is 23.2 Å². The van der Waals surface area contributed by atoms with Gasteiger partial charge in [-0.3, -0.25) is 9.59 Å². The number of rotatable bonds is 5. The first-order valence-electron chi connectivity index (χ1n) is 8.04. The molecule has 1 aliphatic heterocycles. The van der Waals surface area contributed by atoms with Crippen molar-refractivity contribution in [2.75, 3.05) is 18.1 Å². The molecule has 0 aliphatic carbocycles. The topological polar surface area (TPSA) is 110 Å². The molecule has 1 saturated heterocycles. The van der Waals surface area contributed by atoms with Gasteiger partial charge in [-0.2, -0.15) is 4.31 Å². The van der Waals surface area contributed by atoms with Crippen LogP contribution < -0.4 is 11.1 Å². The highest BCUT2D eigenvalue weighted by molar-refractivity contribution is 7.88. The van der Waals surface area contributed by atoms with Gasteiger partial charge >= 0.3 is 0 Å². The molecule has 3 rings (SSSR count). The molecule has 1 aliphatic rings. The van der Waals surface area contributed by atoms with Crippen LogP contribution >= 0.6 is 11.3 Å². The molecule has 1 aromatic heterocycles. The molecule has 2 amide bonds. The molecule has 0 spiro atoms. The van der Waals surface area contributed by atoms with Gasteiger partial charge in [-0.1, -0.05) is 30.3 Å². The van der Waals surface area contributed by atoms with Crippen molar-refractivity contribution in [2.45, 2.75) is 18.9 Å². The first-order chi connectivity index (χ1) is 12.3. The largest absolute Gasteiger partial charge is 0.366 e. The molecule has 1 atom stereocenters. The van der Waals surface area contributed by atoms with Crippen LogP contribution in [0.25, 0.3) is 10.4 Å². The first-order valence-corrected chi connectivity index (χ1v) is 10.7. The minimum Gasteiger partial charge on any atom is -0.366 e. The maximum absolute atomic E-state index is 12.6. The Morgan fingerprint density at radius 1 is 1.27 bits per heavy atom. The third-order valence-electron chi connectivity index (χ3n) is 4.22. The standard InChI is InChI=1S/C17H19N3O4S2/c1-26(23,24)20-9-5-8-13(20)16(22)19-17-12(15(18)21)10-14(25-17)11-6-3-2-4-7-11/h2-4,6-7,10,13H,5,8-9H2,1H3,(H2,18,21)(H,19,22)/t13-/m0/s1. The third-order valence-corrected chi connectivity index (χ3v) is 6.61. The maximum atomic E-state index is 12.6. The summed E-state index contributed by atoms with van der Waals surface area (Å²) in [4.78, 5) is 25.2. The summed E-state index contributed by atoms with van der Waals surface area (Å²) in [5.41, 5.74) is 6.56. The molecule has 1 aromatic carbocycles. The van der Waals surface area contributed by atoms with E-state index in [0.29, 0.717) is 24.4 Å². The zero-order valence-electron chi connectivity index (χ0n) is 14.1. The smallest absolute Gasteiger partial charge is 0.251 e. The summed E-state index contributed by atoms with van der Waals surface area (Å²) in [6.07, 6.45) is 2.15. The molecule has 2 aromatic rings. The molecular weight excluding hydrogens is 374 g/mol. The van der Waals surface area contributed by atoms with E-state index in [-0.39, 0.29) is 5.56 Å². The number of hydrogen-bond donors (Lipinski definition) is 2. The van der Waals surface area contributed by atoms with E-state index in [1.165, 1.54) is 15.6 Å². The molecule has 7 nitrogen and oxygen atoms in total. The number of benzene rings is 1. The van der Waals surface area contributed by atoms with Crippen LogP contribution in [0.15, 0.2) is 36.4 Å². The van der Waals surface area contributed by atoms with Crippen molar-refractivity contribution in [3.05, 3.63) is 42.0 Å². The van der Waals surface area contributed by atoms with Gasteiger partial charge in [-0.05, 0) is 24.5 Å². The molecule has 1 fully saturated rings. The first kappa shape index (κ1) is 18.6. The van der Waals surface area contributed by atoms with Crippen molar-refractivity contribution in [2.24, 2.45) is 5.73 Å². The van der Waals surface area contributed by atoms with Gasteiger partial charge in [0, 0.05) is 11.4 Å². The second kappa shape index (κ2) is 7.18. The highest BCUT2D eigenvalue weighted by Gasteiger charge is 2.37. The van der Waals surface area contributed by atoms with Crippen molar-refractivity contribution in [1.29, 1.82) is 0 Å². The second-order valence-corrected chi connectivity index (χ2v) is 9.09. The van der Waals surface area contributed by atoms with E-state index in [0.717, 1.165) is 16.7 Å². The fourth-order valence-electron chi connectivity index (χ4n) is 3.01. The van der Waals surface area contributed by atoms with Crippen LogP contribution in [0.3, 0.4) is 0 Å². The maximum Gasteiger partial charge on any atom is 0.251 e. The lowest BCUT2D eigenvalue weighted by molar-refractivity contribution is -0.119. The van der Waals surface area contributed by atoms with Crippen LogP contribution in [0, 0.1) is 0 Å². The van der Waals surface area contributed by atoms with Gasteiger partial charge in [-0.25, -0.2) is 8.42 Å². The van der Waals surface area contributed by atoms with Crippen LogP contribution in [-0.4, -0.2) is 43.4 Å². The van der Waals surface area contributed by atoms with Crippen LogP contribution in [0.5, 0.6) is 0 Å². The Labute approximate surface area is 155 Å². The average molecular weight is 393 g/mol. The number of amides is 2. The molecule has 138 valence electrons. The molecule has 0 radical (unpaired) electrons. The summed E-state index contributed by atoms with van der Waals surface area (Å²) in [5.74, 6) is -1.10. The number of sulfonamides is 1. The number of primary amides is 1. The number of thiophene rings is 1. The van der Waals surface area contributed by atoms with E-state index in [2.05, 4.69) is 5.32 Å². The lowest BCUT2D eigenvalue weighted by Gasteiger charge is -2.21. The summed E-state index contributed by atoms with van der Waals surface area (Å²) in [5, 5.41) is 3.03. The monoisotopic (exact) mass is 393 g/mol. The molecule has 2 heterocycles. The molecule has 3 N–H and O–H groups in total. The van der Waals surface area contributed by atoms with Crippen molar-refractivity contribution < 1.29 is 18.0 Å². The van der Waals surface area contributed by atoms with Crippen LogP contribution in [0.2, 0.25) is 0 Å². The van der Waals surface area contributed by atoms with Gasteiger partial charge in [0.2, 0.25) is 15.9 Å². The normalized spacial score (nSPS) is 18.0. The average Bonchev–Trinajstić information content (AvgIpc) is 3.22. The molecular formula is C17H19N3O4S2. The Morgan fingerprint density at radius 2 is 1.96 bits per heavy atom. The fourth-order valence-corrected chi connectivity index (χ4v) is 5.20. The van der Waals surface area contributed by atoms with Gasteiger partial charge < -0.3 is 11.1 Å². The highest BCUT2D eigenvalue weighted by atomic mass is 32.2. The SMILES string of the molecule is CS(=O)(=O)N1CCC[C@H]1C(=O)Nc1sc(-c2ccccc2)cc1C(N)=O. The van der Waals surface area contributed by atoms with E-state index in [1.807, 2.05) is 30.3 Å².